The van der Waals surface area contributed by atoms with Crippen LogP contribution in [0.4, 0.5) is 0 Å². The Morgan fingerprint density at radius 3 is 1.77 bits per heavy atom. The Labute approximate surface area is 83.2 Å². The van der Waals surface area contributed by atoms with Crippen LogP contribution in [0.25, 0.3) is 0 Å². The third-order valence-electron chi connectivity index (χ3n) is 1.90. The molecule has 0 rings (SSSR count). The van der Waals surface area contributed by atoms with Gasteiger partial charge in [0.05, 0.1) is 0 Å². The van der Waals surface area contributed by atoms with Crippen LogP contribution in [-0.2, 0) is 8.85 Å². The van der Waals surface area contributed by atoms with E-state index in [1.165, 1.54) is 0 Å². The molecule has 0 N–H and O–H groups in total. The summed E-state index contributed by atoms with van der Waals surface area (Å²) in [5.74, 6) is 0. The van der Waals surface area contributed by atoms with Crippen molar-refractivity contribution < 1.29 is 8.85 Å². The lowest BCUT2D eigenvalue weighted by Gasteiger charge is -2.25. The first-order chi connectivity index (χ1) is 6.24. The molecule has 2 nitrogen and oxygen atoms in total. The van der Waals surface area contributed by atoms with Gasteiger partial charge in [-0.25, -0.2) is 0 Å². The first-order valence-corrected chi connectivity index (χ1v) is 7.26. The molecule has 0 saturated carbocycles. The zero-order chi connectivity index (χ0) is 10.2. The lowest BCUT2D eigenvalue weighted by molar-refractivity contribution is 0.179. The molecule has 0 atom stereocenters. The van der Waals surface area contributed by atoms with E-state index in [0.717, 1.165) is 32.1 Å². The minimum Gasteiger partial charge on any atom is -0.391 e. The van der Waals surface area contributed by atoms with Gasteiger partial charge in [0.2, 0.25) is 0 Å². The van der Waals surface area contributed by atoms with E-state index in [1.807, 2.05) is 5.70 Å². The van der Waals surface area contributed by atoms with Crippen molar-refractivity contribution in [2.24, 2.45) is 0 Å². The summed E-state index contributed by atoms with van der Waals surface area (Å²) in [5.41, 5.74) is 1.90. The van der Waals surface area contributed by atoms with Gasteiger partial charge in [0.25, 0.3) is 0 Å². The Morgan fingerprint density at radius 1 is 1.08 bits per heavy atom. The lowest BCUT2D eigenvalue weighted by Crippen LogP contribution is -2.40. The average molecular weight is 202 g/mol. The fraction of sp³-hybridized carbons (Fsp3) is 0.800. The third kappa shape index (κ3) is 4.60. The summed E-state index contributed by atoms with van der Waals surface area (Å²) in [7, 11) is -2.02. The van der Waals surface area contributed by atoms with Crippen LogP contribution in [0.3, 0.4) is 0 Å². The van der Waals surface area contributed by atoms with Gasteiger partial charge in [0, 0.05) is 13.2 Å². The van der Waals surface area contributed by atoms with Crippen molar-refractivity contribution in [3.05, 3.63) is 12.3 Å². The van der Waals surface area contributed by atoms with Gasteiger partial charge in [-0.15, -0.1) is 6.58 Å². The van der Waals surface area contributed by atoms with Crippen LogP contribution in [-0.4, -0.2) is 21.8 Å². The normalized spacial score (nSPS) is 11.6. The van der Waals surface area contributed by atoms with Crippen LogP contribution in [0.1, 0.15) is 33.6 Å². The second kappa shape index (κ2) is 7.30. The van der Waals surface area contributed by atoms with Gasteiger partial charge in [-0.05, 0) is 24.6 Å². The Bertz CT molecular complexity index is 129. The first-order valence-electron chi connectivity index (χ1n) is 5.16. The molecular weight excluding hydrogens is 180 g/mol. The van der Waals surface area contributed by atoms with Crippen molar-refractivity contribution in [1.29, 1.82) is 0 Å². The monoisotopic (exact) mass is 202 g/mol. The minimum atomic E-state index is -2.02. The van der Waals surface area contributed by atoms with Crippen LogP contribution in [0.5, 0.6) is 0 Å². The summed E-state index contributed by atoms with van der Waals surface area (Å²) in [4.78, 5) is 0. The zero-order valence-electron chi connectivity index (χ0n) is 9.14. The minimum absolute atomic E-state index is 0.787. The second-order valence-electron chi connectivity index (χ2n) is 3.07. The third-order valence-corrected chi connectivity index (χ3v) is 4.90. The molecule has 0 heterocycles. The van der Waals surface area contributed by atoms with E-state index in [4.69, 9.17) is 8.85 Å². The smallest absolute Gasteiger partial charge is 0.364 e. The summed E-state index contributed by atoms with van der Waals surface area (Å²) in [6.45, 7) is 11.7. The standard InChI is InChI=1S/C10H22O2Si/c1-5-9-11-13(7-3,8-4)12-10-6-2/h7H,3,5-6,8-10H2,1-2,4H3. The highest BCUT2D eigenvalue weighted by atomic mass is 28.4. The van der Waals surface area contributed by atoms with Gasteiger partial charge in [0.1, 0.15) is 0 Å². The van der Waals surface area contributed by atoms with E-state index in [2.05, 4.69) is 27.4 Å². The van der Waals surface area contributed by atoms with Gasteiger partial charge in [0.15, 0.2) is 0 Å². The van der Waals surface area contributed by atoms with Gasteiger partial charge in [-0.1, -0.05) is 20.8 Å². The predicted octanol–water partition coefficient (Wildman–Crippen LogP) is 3.03. The molecule has 0 bridgehead atoms. The molecule has 0 saturated heterocycles. The molecule has 0 aliphatic heterocycles. The molecule has 78 valence electrons. The molecule has 0 unspecified atom stereocenters. The molecule has 0 aromatic heterocycles. The Morgan fingerprint density at radius 2 is 1.54 bits per heavy atom. The fourth-order valence-electron chi connectivity index (χ4n) is 1.06. The zero-order valence-corrected chi connectivity index (χ0v) is 10.1. The molecule has 0 fully saturated rings. The predicted molar refractivity (Wildman–Crippen MR) is 58.9 cm³/mol. The van der Waals surface area contributed by atoms with E-state index < -0.39 is 8.56 Å². The average Bonchev–Trinajstić information content (AvgIpc) is 2.20. The summed E-state index contributed by atoms with van der Waals surface area (Å²) < 4.78 is 11.6. The van der Waals surface area contributed by atoms with Crippen molar-refractivity contribution in [3.63, 3.8) is 0 Å². The largest absolute Gasteiger partial charge is 0.391 e. The number of rotatable bonds is 8. The van der Waals surface area contributed by atoms with Crippen molar-refractivity contribution in [2.45, 2.75) is 39.7 Å². The molecule has 0 aromatic carbocycles. The summed E-state index contributed by atoms with van der Waals surface area (Å²) in [6.07, 6.45) is 2.08. The molecule has 0 aliphatic rings. The van der Waals surface area contributed by atoms with Gasteiger partial charge >= 0.3 is 8.56 Å². The van der Waals surface area contributed by atoms with Gasteiger partial charge in [-0.3, -0.25) is 0 Å². The van der Waals surface area contributed by atoms with E-state index in [0.29, 0.717) is 0 Å². The summed E-state index contributed by atoms with van der Waals surface area (Å²) >= 11 is 0. The molecule has 3 heteroatoms. The summed E-state index contributed by atoms with van der Waals surface area (Å²) in [6, 6.07) is 0.955. The van der Waals surface area contributed by atoms with E-state index in [9.17, 15) is 0 Å². The maximum absolute atomic E-state index is 5.78. The van der Waals surface area contributed by atoms with Crippen LogP contribution in [0.2, 0.25) is 6.04 Å². The van der Waals surface area contributed by atoms with E-state index >= 15 is 0 Å². The van der Waals surface area contributed by atoms with Gasteiger partial charge in [-0.2, -0.15) is 0 Å². The molecule has 0 aromatic rings. The van der Waals surface area contributed by atoms with E-state index in [1.54, 1.807) is 0 Å². The lowest BCUT2D eigenvalue weighted by atomic mass is 10.5. The molecule has 0 amide bonds. The van der Waals surface area contributed by atoms with E-state index in [-0.39, 0.29) is 0 Å². The van der Waals surface area contributed by atoms with Crippen molar-refractivity contribution in [3.8, 4) is 0 Å². The highest BCUT2D eigenvalue weighted by molar-refractivity contribution is 6.72. The Balaban J connectivity index is 4.04. The second-order valence-corrected chi connectivity index (χ2v) is 6.38. The van der Waals surface area contributed by atoms with Crippen LogP contribution >= 0.6 is 0 Å². The molecular formula is C10H22O2Si. The van der Waals surface area contributed by atoms with Gasteiger partial charge < -0.3 is 8.85 Å². The number of hydrogen-bond acceptors (Lipinski definition) is 2. The van der Waals surface area contributed by atoms with Crippen LogP contribution in [0.15, 0.2) is 12.3 Å². The fourth-order valence-corrected chi connectivity index (χ4v) is 3.17. The maximum Gasteiger partial charge on any atom is 0.364 e. The molecule has 13 heavy (non-hydrogen) atoms. The first kappa shape index (κ1) is 12.9. The maximum atomic E-state index is 5.78. The highest BCUT2D eigenvalue weighted by Gasteiger charge is 2.31. The molecule has 0 aliphatic carbocycles. The van der Waals surface area contributed by atoms with Crippen LogP contribution in [0, 0.1) is 0 Å². The highest BCUT2D eigenvalue weighted by Crippen LogP contribution is 2.15. The number of hydrogen-bond donors (Lipinski definition) is 0. The quantitative estimate of drug-likeness (QED) is 0.563. The van der Waals surface area contributed by atoms with Crippen molar-refractivity contribution >= 4 is 8.56 Å². The molecule has 0 radical (unpaired) electrons. The van der Waals surface area contributed by atoms with Crippen molar-refractivity contribution in [2.75, 3.05) is 13.2 Å². The SMILES string of the molecule is C=C[Si](CC)(OCCC)OCCC. The summed E-state index contributed by atoms with van der Waals surface area (Å²) in [5, 5.41) is 0. The molecule has 0 spiro atoms. The van der Waals surface area contributed by atoms with Crippen LogP contribution < -0.4 is 0 Å². The Kier molecular flexibility index (Phi) is 7.23. The van der Waals surface area contributed by atoms with Crippen molar-refractivity contribution in [1.82, 2.24) is 0 Å². The topological polar surface area (TPSA) is 18.5 Å². The Hall–Kier alpha value is -0.123.